The van der Waals surface area contributed by atoms with E-state index >= 15 is 0 Å². The van der Waals surface area contributed by atoms with Crippen molar-refractivity contribution in [2.75, 3.05) is 37.3 Å². The molecule has 1 aliphatic heterocycles. The highest BCUT2D eigenvalue weighted by Crippen LogP contribution is 2.20. The Morgan fingerprint density at radius 2 is 1.69 bits per heavy atom. The van der Waals surface area contributed by atoms with Crippen LogP contribution in [0, 0.1) is 0 Å². The average Bonchev–Trinajstić information content (AvgIpc) is 2.54. The molecule has 0 spiro atoms. The lowest BCUT2D eigenvalue weighted by molar-refractivity contribution is 0.0240. The van der Waals surface area contributed by atoms with E-state index in [-0.39, 0.29) is 16.4 Å². The molecule has 8 nitrogen and oxygen atoms in total. The number of ether oxygens (including phenoxy) is 1. The van der Waals surface area contributed by atoms with E-state index in [1.807, 2.05) is 39.5 Å². The highest BCUT2D eigenvalue weighted by Gasteiger charge is 2.27. The van der Waals surface area contributed by atoms with Crippen LogP contribution >= 0.6 is 11.6 Å². The summed E-state index contributed by atoms with van der Waals surface area (Å²) in [6.07, 6.45) is 0.669. The van der Waals surface area contributed by atoms with Crippen LogP contribution in [0.2, 0.25) is 5.15 Å². The number of anilines is 1. The van der Waals surface area contributed by atoms with Gasteiger partial charge in [0.05, 0.1) is 0 Å². The topological polar surface area (TPSA) is 92.7 Å². The second-order valence-corrected chi connectivity index (χ2v) is 8.85. The van der Waals surface area contributed by atoms with Crippen LogP contribution in [0.5, 0.6) is 0 Å². The van der Waals surface area contributed by atoms with E-state index in [2.05, 4.69) is 9.97 Å². The molecule has 0 bridgehead atoms. The predicted molar refractivity (Wildman–Crippen MR) is 102 cm³/mol. The number of hydrogen-bond acceptors (Lipinski definition) is 7. The Morgan fingerprint density at radius 1 is 1.15 bits per heavy atom. The van der Waals surface area contributed by atoms with Crippen molar-refractivity contribution in [3.8, 4) is 0 Å². The minimum absolute atomic E-state index is 0.0648. The van der Waals surface area contributed by atoms with Gasteiger partial charge in [0.25, 0.3) is 0 Å². The molecule has 2 rings (SSSR count). The van der Waals surface area contributed by atoms with E-state index in [1.54, 1.807) is 4.90 Å². The smallest absolute Gasteiger partial charge is 0.410 e. The molecule has 0 radical (unpaired) electrons. The van der Waals surface area contributed by atoms with E-state index in [0.717, 1.165) is 6.26 Å². The van der Waals surface area contributed by atoms with Gasteiger partial charge in [0.2, 0.25) is 15.0 Å². The van der Waals surface area contributed by atoms with Crippen molar-refractivity contribution in [2.45, 2.75) is 45.4 Å². The minimum atomic E-state index is -3.55. The van der Waals surface area contributed by atoms with Gasteiger partial charge in [0.15, 0.2) is 0 Å². The molecule has 0 N–H and O–H groups in total. The third-order valence-corrected chi connectivity index (χ3v) is 4.29. The highest BCUT2D eigenvalue weighted by molar-refractivity contribution is 7.90. The van der Waals surface area contributed by atoms with E-state index in [9.17, 15) is 13.2 Å². The summed E-state index contributed by atoms with van der Waals surface area (Å²) in [7, 11) is -3.55. The predicted octanol–water partition coefficient (Wildman–Crippen LogP) is 2.62. The second-order valence-electron chi connectivity index (χ2n) is 6.56. The summed E-state index contributed by atoms with van der Waals surface area (Å²) in [6, 6.07) is 1.51. The zero-order chi connectivity index (χ0) is 20.1. The van der Waals surface area contributed by atoms with Crippen LogP contribution in [0.3, 0.4) is 0 Å². The Kier molecular flexibility index (Phi) is 7.64. The zero-order valence-electron chi connectivity index (χ0n) is 16.1. The first-order chi connectivity index (χ1) is 12.0. The number of amides is 1. The summed E-state index contributed by atoms with van der Waals surface area (Å²) < 4.78 is 28.6. The van der Waals surface area contributed by atoms with Crippen molar-refractivity contribution in [1.29, 1.82) is 0 Å². The van der Waals surface area contributed by atoms with Crippen LogP contribution in [-0.2, 0) is 14.6 Å². The molecule has 1 aromatic heterocycles. The minimum Gasteiger partial charge on any atom is -0.444 e. The van der Waals surface area contributed by atoms with Gasteiger partial charge in [-0.15, -0.1) is 0 Å². The maximum absolute atomic E-state index is 12.1. The van der Waals surface area contributed by atoms with Crippen molar-refractivity contribution in [3.63, 3.8) is 0 Å². The first-order valence-electron chi connectivity index (χ1n) is 8.43. The zero-order valence-corrected chi connectivity index (χ0v) is 17.7. The summed E-state index contributed by atoms with van der Waals surface area (Å²) in [6.45, 7) is 11.3. The Morgan fingerprint density at radius 3 is 2.15 bits per heavy atom. The number of halogens is 1. The summed E-state index contributed by atoms with van der Waals surface area (Å²) in [5.41, 5.74) is -0.543. The number of hydrogen-bond donors (Lipinski definition) is 0. The van der Waals surface area contributed by atoms with Gasteiger partial charge in [0, 0.05) is 38.5 Å². The van der Waals surface area contributed by atoms with Gasteiger partial charge in [-0.1, -0.05) is 25.4 Å². The number of rotatable bonds is 2. The van der Waals surface area contributed by atoms with Crippen molar-refractivity contribution >= 4 is 33.3 Å². The molecule has 148 valence electrons. The molecule has 0 aromatic carbocycles. The maximum Gasteiger partial charge on any atom is 0.410 e. The van der Waals surface area contributed by atoms with Crippen molar-refractivity contribution < 1.29 is 17.9 Å². The van der Waals surface area contributed by atoms with Gasteiger partial charge < -0.3 is 14.5 Å². The lowest BCUT2D eigenvalue weighted by atomic mass is 10.2. The van der Waals surface area contributed by atoms with Crippen LogP contribution in [0.15, 0.2) is 11.2 Å². The van der Waals surface area contributed by atoms with Crippen LogP contribution in [-0.4, -0.2) is 67.4 Å². The maximum atomic E-state index is 12.1. The molecular formula is C16H27ClN4O4S. The molecule has 10 heteroatoms. The van der Waals surface area contributed by atoms with Crippen molar-refractivity contribution in [2.24, 2.45) is 0 Å². The number of carbonyl (C=O) groups excluding carboxylic acids is 1. The summed E-state index contributed by atoms with van der Waals surface area (Å²) >= 11 is 5.90. The fourth-order valence-electron chi connectivity index (χ4n) is 2.16. The SMILES string of the molecule is CC.CC(C)(C)OC(=O)N1CCN(c2cc(Cl)nc(S(C)(=O)=O)n2)CC1. The van der Waals surface area contributed by atoms with Gasteiger partial charge in [-0.25, -0.2) is 23.2 Å². The summed E-state index contributed by atoms with van der Waals surface area (Å²) in [5, 5.41) is -0.241. The standard InChI is InChI=1S/C14H21ClN4O4S.C2H6/c1-14(2,3)23-13(20)19-7-5-18(6-8-19)11-9-10(15)16-12(17-11)24(4,21)22;1-2/h9H,5-8H2,1-4H3;1-2H3. The molecule has 1 aromatic rings. The lowest BCUT2D eigenvalue weighted by Crippen LogP contribution is -2.50. The highest BCUT2D eigenvalue weighted by atomic mass is 35.5. The van der Waals surface area contributed by atoms with Crippen LogP contribution in [0.1, 0.15) is 34.6 Å². The Bertz CT molecular complexity index is 726. The van der Waals surface area contributed by atoms with E-state index < -0.39 is 15.4 Å². The molecule has 0 aliphatic carbocycles. The van der Waals surface area contributed by atoms with E-state index in [0.29, 0.717) is 32.0 Å². The summed E-state index contributed by atoms with van der Waals surface area (Å²) in [4.78, 5) is 23.3. The van der Waals surface area contributed by atoms with Crippen molar-refractivity contribution in [1.82, 2.24) is 14.9 Å². The molecular weight excluding hydrogens is 380 g/mol. The number of sulfone groups is 1. The third kappa shape index (κ3) is 6.60. The number of nitrogens with zero attached hydrogens (tertiary/aromatic N) is 4. The Balaban J connectivity index is 0.00000163. The molecule has 0 unspecified atom stereocenters. The van der Waals surface area contributed by atoms with Crippen LogP contribution < -0.4 is 4.90 Å². The molecule has 26 heavy (non-hydrogen) atoms. The van der Waals surface area contributed by atoms with Gasteiger partial charge in [-0.3, -0.25) is 0 Å². The largest absolute Gasteiger partial charge is 0.444 e. The molecule has 2 heterocycles. The van der Waals surface area contributed by atoms with Crippen LogP contribution in [0.25, 0.3) is 0 Å². The van der Waals surface area contributed by atoms with Crippen LogP contribution in [0.4, 0.5) is 10.6 Å². The quantitative estimate of drug-likeness (QED) is 0.550. The first kappa shape index (κ1) is 22.4. The monoisotopic (exact) mass is 406 g/mol. The molecule has 1 fully saturated rings. The lowest BCUT2D eigenvalue weighted by Gasteiger charge is -2.36. The Hall–Kier alpha value is -1.61. The molecule has 0 atom stereocenters. The summed E-state index contributed by atoms with van der Waals surface area (Å²) in [5.74, 6) is 0.430. The van der Waals surface area contributed by atoms with Gasteiger partial charge in [0.1, 0.15) is 16.6 Å². The molecule has 1 amide bonds. The van der Waals surface area contributed by atoms with E-state index in [1.165, 1.54) is 6.07 Å². The molecule has 1 aliphatic rings. The van der Waals surface area contributed by atoms with Gasteiger partial charge in [-0.05, 0) is 20.8 Å². The number of piperazine rings is 1. The second kappa shape index (κ2) is 8.85. The van der Waals surface area contributed by atoms with Crippen molar-refractivity contribution in [3.05, 3.63) is 11.2 Å². The average molecular weight is 407 g/mol. The van der Waals surface area contributed by atoms with Gasteiger partial charge in [-0.2, -0.15) is 0 Å². The number of aromatic nitrogens is 2. The normalized spacial score (nSPS) is 15.2. The fraction of sp³-hybridized carbons (Fsp3) is 0.688. The molecule has 0 saturated carbocycles. The fourth-order valence-corrected chi connectivity index (χ4v) is 2.91. The third-order valence-electron chi connectivity index (χ3n) is 3.25. The van der Waals surface area contributed by atoms with Gasteiger partial charge >= 0.3 is 6.09 Å². The number of carbonyl (C=O) groups is 1. The Labute approximate surface area is 160 Å². The first-order valence-corrected chi connectivity index (χ1v) is 10.7. The van der Waals surface area contributed by atoms with E-state index in [4.69, 9.17) is 16.3 Å². The molecule has 1 saturated heterocycles.